The predicted molar refractivity (Wildman–Crippen MR) is 140 cm³/mol. The molecule has 1 aromatic carbocycles. The second kappa shape index (κ2) is 9.50. The number of hydrogen-bond acceptors (Lipinski definition) is 8. The molecule has 1 fully saturated rings. The average Bonchev–Trinajstić information content (AvgIpc) is 3.14. The van der Waals surface area contributed by atoms with Crippen LogP contribution in [0.25, 0.3) is 11.3 Å². The molecular weight excluding hydrogens is 462 g/mol. The number of nitrogens with one attached hydrogen (secondary N) is 2. The van der Waals surface area contributed by atoms with Crippen LogP contribution in [0.2, 0.25) is 0 Å². The lowest BCUT2D eigenvalue weighted by molar-refractivity contribution is 0.283. The van der Waals surface area contributed by atoms with Crippen LogP contribution < -0.4 is 20.4 Å². The fourth-order valence-corrected chi connectivity index (χ4v) is 5.09. The van der Waals surface area contributed by atoms with E-state index < -0.39 is 11.6 Å². The van der Waals surface area contributed by atoms with Gasteiger partial charge in [0, 0.05) is 37.2 Å². The first kappa shape index (κ1) is 24.2. The van der Waals surface area contributed by atoms with Crippen molar-refractivity contribution in [3.05, 3.63) is 48.3 Å². The molecule has 8 nitrogen and oxygen atoms in total. The van der Waals surface area contributed by atoms with Crippen LogP contribution in [0.1, 0.15) is 20.8 Å². The molecule has 1 saturated heterocycles. The summed E-state index contributed by atoms with van der Waals surface area (Å²) in [7, 11) is 4.18. The molecular formula is C26H32F2N8. The second-order valence-corrected chi connectivity index (χ2v) is 10.1. The van der Waals surface area contributed by atoms with E-state index >= 15 is 0 Å². The zero-order valence-corrected chi connectivity index (χ0v) is 21.3. The summed E-state index contributed by atoms with van der Waals surface area (Å²) in [5.41, 5.74) is 2.55. The van der Waals surface area contributed by atoms with Crippen molar-refractivity contribution in [2.45, 2.75) is 33.0 Å². The topological polar surface area (TPSA) is 72.5 Å². The smallest absolute Gasteiger partial charge is 0.229 e. The molecule has 1 unspecified atom stereocenters. The van der Waals surface area contributed by atoms with Crippen molar-refractivity contribution in [1.29, 1.82) is 0 Å². The van der Waals surface area contributed by atoms with E-state index in [9.17, 15) is 8.78 Å². The molecule has 190 valence electrons. The molecule has 1 atom stereocenters. The number of fused-ring (bicyclic) bond motifs is 1. The van der Waals surface area contributed by atoms with E-state index in [1.165, 1.54) is 6.07 Å². The van der Waals surface area contributed by atoms with Crippen LogP contribution in [0.4, 0.5) is 37.6 Å². The summed E-state index contributed by atoms with van der Waals surface area (Å²) in [5, 5.41) is 6.20. The van der Waals surface area contributed by atoms with Gasteiger partial charge in [0.1, 0.15) is 17.3 Å². The third kappa shape index (κ3) is 4.65. The molecule has 2 N–H and O–H groups in total. The van der Waals surface area contributed by atoms with Crippen LogP contribution in [0, 0.1) is 17.6 Å². The van der Waals surface area contributed by atoms with Gasteiger partial charge in [0.2, 0.25) is 5.95 Å². The number of pyridine rings is 1. The largest absolute Gasteiger partial charge is 0.369 e. The Morgan fingerprint density at radius 2 is 1.89 bits per heavy atom. The Labute approximate surface area is 210 Å². The lowest BCUT2D eigenvalue weighted by atomic mass is 9.99. The highest BCUT2D eigenvalue weighted by molar-refractivity contribution is 5.82. The van der Waals surface area contributed by atoms with Gasteiger partial charge in [0.05, 0.1) is 35.6 Å². The third-order valence-electron chi connectivity index (χ3n) is 6.63. The first-order valence-corrected chi connectivity index (χ1v) is 12.2. The van der Waals surface area contributed by atoms with E-state index in [-0.39, 0.29) is 23.8 Å². The maximum Gasteiger partial charge on any atom is 0.229 e. The van der Waals surface area contributed by atoms with E-state index in [0.29, 0.717) is 28.7 Å². The molecule has 3 aromatic rings. The summed E-state index contributed by atoms with van der Waals surface area (Å²) < 4.78 is 29.7. The van der Waals surface area contributed by atoms with Crippen molar-refractivity contribution >= 4 is 28.8 Å². The number of halogens is 2. The molecule has 10 heteroatoms. The third-order valence-corrected chi connectivity index (χ3v) is 6.63. The Bertz CT molecular complexity index is 1240. The first-order valence-electron chi connectivity index (χ1n) is 12.2. The van der Waals surface area contributed by atoms with Crippen molar-refractivity contribution in [2.75, 3.05) is 54.2 Å². The predicted octanol–water partition coefficient (Wildman–Crippen LogP) is 4.54. The van der Waals surface area contributed by atoms with Gasteiger partial charge in [-0.1, -0.05) is 0 Å². The molecule has 2 aliphatic heterocycles. The molecule has 0 bridgehead atoms. The van der Waals surface area contributed by atoms with Crippen molar-refractivity contribution in [3.8, 4) is 11.3 Å². The normalized spacial score (nSPS) is 17.4. The monoisotopic (exact) mass is 494 g/mol. The summed E-state index contributed by atoms with van der Waals surface area (Å²) in [4.78, 5) is 19.5. The van der Waals surface area contributed by atoms with E-state index in [1.54, 1.807) is 6.07 Å². The number of benzene rings is 1. The average molecular weight is 495 g/mol. The Hall–Kier alpha value is -3.53. The Morgan fingerprint density at radius 1 is 1.11 bits per heavy atom. The summed E-state index contributed by atoms with van der Waals surface area (Å²) in [5.74, 6) is 0.338. The Morgan fingerprint density at radius 3 is 2.56 bits per heavy atom. The highest BCUT2D eigenvalue weighted by Gasteiger charge is 2.31. The molecule has 2 aromatic heterocycles. The quantitative estimate of drug-likeness (QED) is 0.496. The molecule has 0 amide bonds. The maximum atomic E-state index is 15.0. The Kier molecular flexibility index (Phi) is 6.38. The van der Waals surface area contributed by atoms with Crippen molar-refractivity contribution in [2.24, 2.45) is 5.92 Å². The van der Waals surface area contributed by atoms with Crippen molar-refractivity contribution < 1.29 is 8.78 Å². The number of anilines is 5. The minimum absolute atomic E-state index is 0.0293. The molecule has 0 aliphatic carbocycles. The SMILES string of the molecule is CC(C)N1c2cc(-c3nc(Nc4ccc(N5CC(CN(C)C)C5)cn4)ncc3F)cc(F)c2NC1C. The van der Waals surface area contributed by atoms with Gasteiger partial charge in [-0.3, -0.25) is 0 Å². The maximum absolute atomic E-state index is 15.0. The number of nitrogens with zero attached hydrogens (tertiary/aromatic N) is 6. The van der Waals surface area contributed by atoms with Crippen LogP contribution >= 0.6 is 0 Å². The summed E-state index contributed by atoms with van der Waals surface area (Å²) in [6, 6.07) is 7.06. The standard InChI is InChI=1S/C26H32F2N8/c1-15(2)36-16(3)31-25-20(27)8-18(9-22(25)36)24-21(28)11-30-26(33-24)32-23-7-6-19(10-29-23)35-13-17(14-35)12-34(4)5/h6-11,15-17,31H,12-14H2,1-5H3,(H,29,30,32,33). The first-order chi connectivity index (χ1) is 17.2. The zero-order chi connectivity index (χ0) is 25.6. The summed E-state index contributed by atoms with van der Waals surface area (Å²) in [6.07, 6.45) is 2.83. The van der Waals surface area contributed by atoms with E-state index in [4.69, 9.17) is 0 Å². The zero-order valence-electron chi connectivity index (χ0n) is 21.3. The molecule has 2 aliphatic rings. The molecule has 0 saturated carbocycles. The fourth-order valence-electron chi connectivity index (χ4n) is 5.09. The van der Waals surface area contributed by atoms with Crippen molar-refractivity contribution in [1.82, 2.24) is 19.9 Å². The van der Waals surface area contributed by atoms with E-state index in [1.807, 2.05) is 39.1 Å². The van der Waals surface area contributed by atoms with Gasteiger partial charge in [-0.05, 0) is 59.1 Å². The highest BCUT2D eigenvalue weighted by Crippen LogP contribution is 2.41. The summed E-state index contributed by atoms with van der Waals surface area (Å²) in [6.45, 7) is 9.14. The van der Waals surface area contributed by atoms with Crippen LogP contribution in [0.15, 0.2) is 36.7 Å². The fraction of sp³-hybridized carbons (Fsp3) is 0.423. The lowest BCUT2D eigenvalue weighted by Crippen LogP contribution is -2.50. The van der Waals surface area contributed by atoms with Gasteiger partial charge in [-0.25, -0.2) is 23.7 Å². The number of aromatic nitrogens is 3. The van der Waals surface area contributed by atoms with Crippen LogP contribution in [-0.4, -0.2) is 65.8 Å². The summed E-state index contributed by atoms with van der Waals surface area (Å²) >= 11 is 0. The Balaban J connectivity index is 1.34. The van der Waals surface area contributed by atoms with Crippen LogP contribution in [0.3, 0.4) is 0 Å². The molecule has 36 heavy (non-hydrogen) atoms. The second-order valence-electron chi connectivity index (χ2n) is 10.1. The van der Waals surface area contributed by atoms with Crippen LogP contribution in [0.5, 0.6) is 0 Å². The number of rotatable bonds is 7. The molecule has 0 spiro atoms. The van der Waals surface area contributed by atoms with Gasteiger partial charge in [0.25, 0.3) is 0 Å². The molecule has 5 rings (SSSR count). The van der Waals surface area contributed by atoms with Gasteiger partial charge < -0.3 is 25.3 Å². The van der Waals surface area contributed by atoms with Crippen LogP contribution in [-0.2, 0) is 0 Å². The van der Waals surface area contributed by atoms with E-state index in [2.05, 4.69) is 54.4 Å². The van der Waals surface area contributed by atoms with E-state index in [0.717, 1.165) is 31.5 Å². The van der Waals surface area contributed by atoms with Gasteiger partial charge >= 0.3 is 0 Å². The number of hydrogen-bond donors (Lipinski definition) is 2. The highest BCUT2D eigenvalue weighted by atomic mass is 19.1. The van der Waals surface area contributed by atoms with Gasteiger partial charge in [-0.15, -0.1) is 0 Å². The molecule has 0 radical (unpaired) electrons. The van der Waals surface area contributed by atoms with Crippen molar-refractivity contribution in [3.63, 3.8) is 0 Å². The molecule has 4 heterocycles. The minimum atomic E-state index is -0.622. The minimum Gasteiger partial charge on any atom is -0.369 e. The van der Waals surface area contributed by atoms with Gasteiger partial charge in [0.15, 0.2) is 5.82 Å². The lowest BCUT2D eigenvalue weighted by Gasteiger charge is -2.42. The van der Waals surface area contributed by atoms with Gasteiger partial charge in [-0.2, -0.15) is 0 Å².